The monoisotopic (exact) mass is 288 g/mol. The molecule has 0 aliphatic heterocycles. The van der Waals surface area contributed by atoms with Crippen molar-refractivity contribution >= 4 is 10.8 Å². The highest BCUT2D eigenvalue weighted by molar-refractivity contribution is 5.85. The van der Waals surface area contributed by atoms with Gasteiger partial charge in [0.15, 0.2) is 0 Å². The molecule has 0 amide bonds. The van der Waals surface area contributed by atoms with Crippen LogP contribution in [-0.2, 0) is 0 Å². The predicted octanol–water partition coefficient (Wildman–Crippen LogP) is 4.26. The number of hydrogen-bond acceptors (Lipinski definition) is 2. The van der Waals surface area contributed by atoms with Gasteiger partial charge in [-0.05, 0) is 59.3 Å². The summed E-state index contributed by atoms with van der Waals surface area (Å²) in [5.41, 5.74) is 1.96. The van der Waals surface area contributed by atoms with Crippen molar-refractivity contribution in [3.63, 3.8) is 0 Å². The summed E-state index contributed by atoms with van der Waals surface area (Å²) in [6.07, 6.45) is 0. The highest BCUT2D eigenvalue weighted by Crippen LogP contribution is 2.21. The number of hydrogen-bond donors (Lipinski definition) is 0. The maximum absolute atomic E-state index is 5.24. The summed E-state index contributed by atoms with van der Waals surface area (Å²) in [5, 5.41) is 2.30. The van der Waals surface area contributed by atoms with Crippen LogP contribution in [0.4, 0.5) is 0 Å². The lowest BCUT2D eigenvalue weighted by Crippen LogP contribution is -1.83. The summed E-state index contributed by atoms with van der Waals surface area (Å²) in [7, 11) is 3.33. The molecule has 0 spiro atoms. The fourth-order valence-electron chi connectivity index (χ4n) is 2.25. The Morgan fingerprint density at radius 2 is 1.14 bits per heavy atom. The summed E-state index contributed by atoms with van der Waals surface area (Å²) >= 11 is 0. The first-order chi connectivity index (χ1) is 10.8. The molecule has 0 saturated carbocycles. The Kier molecular flexibility index (Phi) is 3.98. The fraction of sp³-hybridized carbons (Fsp3) is 0.100. The molecule has 0 unspecified atom stereocenters. The molecule has 0 atom stereocenters. The van der Waals surface area contributed by atoms with Gasteiger partial charge < -0.3 is 9.47 Å². The van der Waals surface area contributed by atoms with Crippen LogP contribution in [0, 0.1) is 11.8 Å². The van der Waals surface area contributed by atoms with E-state index in [1.165, 1.54) is 0 Å². The van der Waals surface area contributed by atoms with E-state index in [0.717, 1.165) is 33.4 Å². The normalized spacial score (nSPS) is 9.91. The van der Waals surface area contributed by atoms with Crippen LogP contribution >= 0.6 is 0 Å². The Morgan fingerprint density at radius 3 is 1.86 bits per heavy atom. The first kappa shape index (κ1) is 14.0. The molecule has 2 heteroatoms. The van der Waals surface area contributed by atoms with Crippen LogP contribution < -0.4 is 9.47 Å². The maximum atomic E-state index is 5.24. The van der Waals surface area contributed by atoms with Gasteiger partial charge in [-0.1, -0.05) is 24.0 Å². The molecule has 0 saturated heterocycles. The summed E-state index contributed by atoms with van der Waals surface area (Å²) in [6, 6.07) is 20.0. The highest BCUT2D eigenvalue weighted by Gasteiger charge is 1.97. The summed E-state index contributed by atoms with van der Waals surface area (Å²) in [4.78, 5) is 0. The van der Waals surface area contributed by atoms with Crippen molar-refractivity contribution < 1.29 is 9.47 Å². The molecule has 0 aliphatic rings. The maximum Gasteiger partial charge on any atom is 0.119 e. The molecule has 0 radical (unpaired) electrons. The lowest BCUT2D eigenvalue weighted by atomic mass is 10.1. The van der Waals surface area contributed by atoms with Gasteiger partial charge in [0.25, 0.3) is 0 Å². The van der Waals surface area contributed by atoms with Gasteiger partial charge in [-0.3, -0.25) is 0 Å². The smallest absolute Gasteiger partial charge is 0.119 e. The van der Waals surface area contributed by atoms with E-state index in [1.807, 2.05) is 48.5 Å². The first-order valence-corrected chi connectivity index (χ1v) is 7.02. The van der Waals surface area contributed by atoms with E-state index in [2.05, 4.69) is 24.0 Å². The second-order valence-corrected chi connectivity index (χ2v) is 4.91. The number of rotatable bonds is 2. The Hall–Kier alpha value is -2.92. The SMILES string of the molecule is COc1ccc(C#Cc2ccc3cc(OC)ccc3c2)cc1. The van der Waals surface area contributed by atoms with Crippen LogP contribution in [0.25, 0.3) is 10.8 Å². The Labute approximate surface area is 130 Å². The lowest BCUT2D eigenvalue weighted by Gasteiger charge is -2.02. The Balaban J connectivity index is 1.89. The third kappa shape index (κ3) is 3.05. The molecule has 0 heterocycles. The van der Waals surface area contributed by atoms with E-state index < -0.39 is 0 Å². The molecule has 3 aromatic rings. The van der Waals surface area contributed by atoms with Crippen LogP contribution in [0.3, 0.4) is 0 Å². The van der Waals surface area contributed by atoms with Crippen molar-refractivity contribution in [2.24, 2.45) is 0 Å². The number of ether oxygens (including phenoxy) is 2. The largest absolute Gasteiger partial charge is 0.497 e. The zero-order valence-corrected chi connectivity index (χ0v) is 12.6. The minimum absolute atomic E-state index is 0.838. The number of methoxy groups -OCH3 is 2. The summed E-state index contributed by atoms with van der Waals surface area (Å²) < 4.78 is 10.4. The van der Waals surface area contributed by atoms with E-state index in [-0.39, 0.29) is 0 Å². The molecular formula is C20H16O2. The molecule has 3 rings (SSSR count). The summed E-state index contributed by atoms with van der Waals surface area (Å²) in [6.45, 7) is 0. The van der Waals surface area contributed by atoms with Gasteiger partial charge >= 0.3 is 0 Å². The fourth-order valence-corrected chi connectivity index (χ4v) is 2.25. The molecule has 0 fully saturated rings. The van der Waals surface area contributed by atoms with Crippen LogP contribution in [-0.4, -0.2) is 14.2 Å². The molecule has 3 aromatic carbocycles. The molecular weight excluding hydrogens is 272 g/mol. The molecule has 0 N–H and O–H groups in total. The van der Waals surface area contributed by atoms with Crippen LogP contribution in [0.15, 0.2) is 60.7 Å². The second kappa shape index (κ2) is 6.24. The van der Waals surface area contributed by atoms with Gasteiger partial charge in [0, 0.05) is 11.1 Å². The minimum Gasteiger partial charge on any atom is -0.497 e. The van der Waals surface area contributed by atoms with Gasteiger partial charge in [0.2, 0.25) is 0 Å². The van der Waals surface area contributed by atoms with E-state index in [0.29, 0.717) is 0 Å². The third-order valence-corrected chi connectivity index (χ3v) is 3.49. The number of benzene rings is 3. The quantitative estimate of drug-likeness (QED) is 0.656. The Morgan fingerprint density at radius 1 is 0.591 bits per heavy atom. The lowest BCUT2D eigenvalue weighted by molar-refractivity contribution is 0.415. The molecule has 0 bridgehead atoms. The van der Waals surface area contributed by atoms with Crippen molar-refractivity contribution in [1.82, 2.24) is 0 Å². The second-order valence-electron chi connectivity index (χ2n) is 4.91. The predicted molar refractivity (Wildman–Crippen MR) is 89.5 cm³/mol. The van der Waals surface area contributed by atoms with Crippen molar-refractivity contribution in [2.45, 2.75) is 0 Å². The van der Waals surface area contributed by atoms with E-state index in [4.69, 9.17) is 9.47 Å². The van der Waals surface area contributed by atoms with Gasteiger partial charge in [0.05, 0.1) is 14.2 Å². The van der Waals surface area contributed by atoms with E-state index in [1.54, 1.807) is 14.2 Å². The molecule has 108 valence electrons. The van der Waals surface area contributed by atoms with E-state index in [9.17, 15) is 0 Å². The van der Waals surface area contributed by atoms with Crippen molar-refractivity contribution in [2.75, 3.05) is 14.2 Å². The van der Waals surface area contributed by atoms with Crippen LogP contribution in [0.2, 0.25) is 0 Å². The topological polar surface area (TPSA) is 18.5 Å². The first-order valence-electron chi connectivity index (χ1n) is 7.02. The van der Waals surface area contributed by atoms with Gasteiger partial charge in [-0.15, -0.1) is 0 Å². The zero-order chi connectivity index (χ0) is 15.4. The van der Waals surface area contributed by atoms with Gasteiger partial charge in [-0.2, -0.15) is 0 Å². The zero-order valence-electron chi connectivity index (χ0n) is 12.6. The average Bonchev–Trinajstić information content (AvgIpc) is 2.59. The average molecular weight is 288 g/mol. The van der Waals surface area contributed by atoms with Crippen molar-refractivity contribution in [3.05, 3.63) is 71.8 Å². The molecule has 2 nitrogen and oxygen atoms in total. The number of fused-ring (bicyclic) bond motifs is 1. The third-order valence-electron chi connectivity index (χ3n) is 3.49. The minimum atomic E-state index is 0.838. The Bertz CT molecular complexity index is 852. The van der Waals surface area contributed by atoms with Crippen molar-refractivity contribution in [3.8, 4) is 23.3 Å². The van der Waals surface area contributed by atoms with Crippen molar-refractivity contribution in [1.29, 1.82) is 0 Å². The van der Waals surface area contributed by atoms with E-state index >= 15 is 0 Å². The molecule has 0 aromatic heterocycles. The summed E-state index contributed by atoms with van der Waals surface area (Å²) in [5.74, 6) is 8.07. The highest BCUT2D eigenvalue weighted by atomic mass is 16.5. The van der Waals surface area contributed by atoms with Crippen LogP contribution in [0.5, 0.6) is 11.5 Å². The standard InChI is InChI=1S/C20H16O2/c1-21-19-10-6-15(7-11-19)3-4-16-5-8-18-14-20(22-2)12-9-17(18)13-16/h5-14H,1-2H3. The molecule has 22 heavy (non-hydrogen) atoms. The van der Waals surface area contributed by atoms with Gasteiger partial charge in [0.1, 0.15) is 11.5 Å². The van der Waals surface area contributed by atoms with Crippen LogP contribution in [0.1, 0.15) is 11.1 Å². The molecule has 0 aliphatic carbocycles. The van der Waals surface area contributed by atoms with Gasteiger partial charge in [-0.25, -0.2) is 0 Å².